The van der Waals surface area contributed by atoms with Crippen LogP contribution in [0.3, 0.4) is 0 Å². The maximum Gasteiger partial charge on any atom is 0.235 e. The van der Waals surface area contributed by atoms with Gasteiger partial charge < -0.3 is 0 Å². The standard InChI is InChI=1S/C14H21F2NO/c1-9-2-4-10(5-3-9)11-6-12(15)14(17-8-18)13(16)7-11/h9-14H,2-7H2,1H3. The molecule has 2 aliphatic carbocycles. The SMILES string of the molecule is CC1CCC(C2CC(F)C(N=C=O)C(F)C2)CC1. The second kappa shape index (κ2) is 5.92. The lowest BCUT2D eigenvalue weighted by molar-refractivity contribution is 0.0515. The predicted molar refractivity (Wildman–Crippen MR) is 65.5 cm³/mol. The van der Waals surface area contributed by atoms with Crippen molar-refractivity contribution in [2.45, 2.75) is 63.8 Å². The molecule has 0 aliphatic heterocycles. The number of carbonyl (C=O) groups excluding carboxylic acids is 1. The number of rotatable bonds is 2. The molecule has 2 fully saturated rings. The van der Waals surface area contributed by atoms with Crippen molar-refractivity contribution in [1.29, 1.82) is 0 Å². The van der Waals surface area contributed by atoms with Crippen LogP contribution in [0.5, 0.6) is 0 Å². The molecule has 0 radical (unpaired) electrons. The highest BCUT2D eigenvalue weighted by Crippen LogP contribution is 2.42. The van der Waals surface area contributed by atoms with Crippen LogP contribution in [0.15, 0.2) is 4.99 Å². The van der Waals surface area contributed by atoms with Gasteiger partial charge in [-0.05, 0) is 43.4 Å². The van der Waals surface area contributed by atoms with Crippen LogP contribution in [-0.2, 0) is 4.79 Å². The zero-order valence-electron chi connectivity index (χ0n) is 10.8. The van der Waals surface area contributed by atoms with Gasteiger partial charge in [-0.3, -0.25) is 0 Å². The van der Waals surface area contributed by atoms with Crippen LogP contribution >= 0.6 is 0 Å². The molecule has 18 heavy (non-hydrogen) atoms. The first-order valence-corrected chi connectivity index (χ1v) is 6.97. The van der Waals surface area contributed by atoms with E-state index in [1.165, 1.54) is 18.9 Å². The predicted octanol–water partition coefficient (Wildman–Crippen LogP) is 3.60. The number of halogens is 2. The van der Waals surface area contributed by atoms with Crippen LogP contribution in [0.2, 0.25) is 0 Å². The highest BCUT2D eigenvalue weighted by molar-refractivity contribution is 5.34. The summed E-state index contributed by atoms with van der Waals surface area (Å²) in [6, 6.07) is -1.11. The molecular formula is C14H21F2NO. The van der Waals surface area contributed by atoms with Crippen molar-refractivity contribution in [2.24, 2.45) is 22.7 Å². The number of hydrogen-bond donors (Lipinski definition) is 0. The van der Waals surface area contributed by atoms with Crippen LogP contribution in [0.25, 0.3) is 0 Å². The van der Waals surface area contributed by atoms with Gasteiger partial charge in [0, 0.05) is 0 Å². The van der Waals surface area contributed by atoms with Gasteiger partial charge in [0.25, 0.3) is 0 Å². The number of nitrogens with zero attached hydrogens (tertiary/aromatic N) is 1. The van der Waals surface area contributed by atoms with Crippen molar-refractivity contribution in [1.82, 2.24) is 0 Å². The van der Waals surface area contributed by atoms with Gasteiger partial charge in [-0.15, -0.1) is 0 Å². The molecular weight excluding hydrogens is 236 g/mol. The Kier molecular flexibility index (Phi) is 4.50. The minimum Gasteiger partial charge on any atom is -0.245 e. The van der Waals surface area contributed by atoms with Gasteiger partial charge in [0.1, 0.15) is 18.4 Å². The molecule has 0 aromatic heterocycles. The third-order valence-corrected chi connectivity index (χ3v) is 4.73. The van der Waals surface area contributed by atoms with Crippen molar-refractivity contribution < 1.29 is 13.6 Å². The molecule has 2 nitrogen and oxygen atoms in total. The Hall–Kier alpha value is -0.760. The number of hydrogen-bond acceptors (Lipinski definition) is 2. The minimum absolute atomic E-state index is 0.126. The Morgan fingerprint density at radius 1 is 1.00 bits per heavy atom. The summed E-state index contributed by atoms with van der Waals surface area (Å²) in [4.78, 5) is 13.4. The Bertz CT molecular complexity index is 310. The van der Waals surface area contributed by atoms with Crippen LogP contribution in [0.1, 0.15) is 45.4 Å². The molecule has 0 heterocycles. The number of aliphatic imine (C=N–C) groups is 1. The molecule has 0 N–H and O–H groups in total. The second-order valence-corrected chi connectivity index (χ2v) is 5.99. The van der Waals surface area contributed by atoms with Gasteiger partial charge in [-0.1, -0.05) is 19.8 Å². The van der Waals surface area contributed by atoms with Crippen molar-refractivity contribution in [3.63, 3.8) is 0 Å². The van der Waals surface area contributed by atoms with Crippen LogP contribution < -0.4 is 0 Å². The Balaban J connectivity index is 1.95. The van der Waals surface area contributed by atoms with E-state index in [1.807, 2.05) is 0 Å². The fourth-order valence-corrected chi connectivity index (χ4v) is 3.54. The normalized spacial score (nSPS) is 45.3. The molecule has 2 unspecified atom stereocenters. The topological polar surface area (TPSA) is 29.4 Å². The van der Waals surface area contributed by atoms with E-state index in [-0.39, 0.29) is 5.92 Å². The summed E-state index contributed by atoms with van der Waals surface area (Å²) in [5.41, 5.74) is 0. The van der Waals surface area contributed by atoms with E-state index in [1.54, 1.807) is 0 Å². The molecule has 2 aliphatic rings. The first-order valence-electron chi connectivity index (χ1n) is 6.97. The van der Waals surface area contributed by atoms with Gasteiger partial charge in [0.05, 0.1) is 0 Å². The maximum atomic E-state index is 13.9. The summed E-state index contributed by atoms with van der Waals surface area (Å²) >= 11 is 0. The molecule has 4 heteroatoms. The van der Waals surface area contributed by atoms with Crippen molar-refractivity contribution in [2.75, 3.05) is 0 Å². The highest BCUT2D eigenvalue weighted by atomic mass is 19.1. The molecule has 2 rings (SSSR count). The Morgan fingerprint density at radius 2 is 1.56 bits per heavy atom. The number of isocyanates is 1. The summed E-state index contributed by atoms with van der Waals surface area (Å²) in [6.45, 7) is 2.24. The molecule has 0 saturated heterocycles. The highest BCUT2D eigenvalue weighted by Gasteiger charge is 2.41. The van der Waals surface area contributed by atoms with Gasteiger partial charge >= 0.3 is 0 Å². The largest absolute Gasteiger partial charge is 0.245 e. The van der Waals surface area contributed by atoms with E-state index >= 15 is 0 Å². The summed E-state index contributed by atoms with van der Waals surface area (Å²) in [7, 11) is 0. The third-order valence-electron chi connectivity index (χ3n) is 4.73. The summed E-state index contributed by atoms with van der Waals surface area (Å²) in [5.74, 6) is 1.33. The zero-order chi connectivity index (χ0) is 13.1. The Morgan fingerprint density at radius 3 is 2.06 bits per heavy atom. The quantitative estimate of drug-likeness (QED) is 0.549. The van der Waals surface area contributed by atoms with Gasteiger partial charge in [-0.25, -0.2) is 13.6 Å². The van der Waals surface area contributed by atoms with E-state index < -0.39 is 18.4 Å². The fraction of sp³-hybridized carbons (Fsp3) is 0.929. The molecule has 0 bridgehead atoms. The van der Waals surface area contributed by atoms with E-state index in [0.717, 1.165) is 18.8 Å². The van der Waals surface area contributed by atoms with Gasteiger partial charge in [0.2, 0.25) is 6.08 Å². The van der Waals surface area contributed by atoms with Gasteiger partial charge in [-0.2, -0.15) is 4.99 Å². The lowest BCUT2D eigenvalue weighted by atomic mass is 9.69. The third kappa shape index (κ3) is 2.97. The average Bonchev–Trinajstić information content (AvgIpc) is 2.34. The molecule has 0 aromatic carbocycles. The molecule has 0 spiro atoms. The lowest BCUT2D eigenvalue weighted by Gasteiger charge is -2.38. The molecule has 102 valence electrons. The van der Waals surface area contributed by atoms with Crippen LogP contribution in [0.4, 0.5) is 8.78 Å². The molecule has 0 aromatic rings. The van der Waals surface area contributed by atoms with Crippen molar-refractivity contribution in [3.05, 3.63) is 0 Å². The molecule has 2 atom stereocenters. The molecule has 2 saturated carbocycles. The van der Waals surface area contributed by atoms with E-state index in [9.17, 15) is 13.6 Å². The fourth-order valence-electron chi connectivity index (χ4n) is 3.54. The lowest BCUT2D eigenvalue weighted by Crippen LogP contribution is -2.41. The van der Waals surface area contributed by atoms with E-state index in [4.69, 9.17) is 0 Å². The summed E-state index contributed by atoms with van der Waals surface area (Å²) in [6.07, 6.45) is 3.89. The zero-order valence-corrected chi connectivity index (χ0v) is 10.8. The molecule has 0 amide bonds. The van der Waals surface area contributed by atoms with E-state index in [2.05, 4.69) is 11.9 Å². The monoisotopic (exact) mass is 257 g/mol. The minimum atomic E-state index is -1.32. The van der Waals surface area contributed by atoms with E-state index in [0.29, 0.717) is 18.8 Å². The summed E-state index contributed by atoms with van der Waals surface area (Å²) in [5, 5.41) is 0. The van der Waals surface area contributed by atoms with Gasteiger partial charge in [0.15, 0.2) is 0 Å². The number of alkyl halides is 2. The maximum absolute atomic E-state index is 13.9. The van der Waals surface area contributed by atoms with Crippen LogP contribution in [-0.4, -0.2) is 24.5 Å². The van der Waals surface area contributed by atoms with Crippen LogP contribution in [0, 0.1) is 17.8 Å². The Labute approximate surface area is 107 Å². The van der Waals surface area contributed by atoms with Crippen molar-refractivity contribution >= 4 is 6.08 Å². The average molecular weight is 257 g/mol. The summed E-state index contributed by atoms with van der Waals surface area (Å²) < 4.78 is 27.7. The first-order chi connectivity index (χ1) is 8.61. The smallest absolute Gasteiger partial charge is 0.235 e. The van der Waals surface area contributed by atoms with Crippen molar-refractivity contribution in [3.8, 4) is 0 Å². The second-order valence-electron chi connectivity index (χ2n) is 5.99. The first kappa shape index (κ1) is 13.7.